The van der Waals surface area contributed by atoms with Crippen LogP contribution in [0.25, 0.3) is 0 Å². The Morgan fingerprint density at radius 1 is 1.17 bits per heavy atom. The molecule has 90 valence electrons. The van der Waals surface area contributed by atoms with Gasteiger partial charge in [0.15, 0.2) is 0 Å². The van der Waals surface area contributed by atoms with Crippen molar-refractivity contribution >= 4 is 27.5 Å². The number of hydrogen-bond donors (Lipinski definition) is 0. The topological polar surface area (TPSA) is 33.0 Å². The number of rotatable bonds is 2. The minimum absolute atomic E-state index is 0.318. The molecular formula is C13H6BrClFNO. The SMILES string of the molecule is N#Cc1cc(Cl)ccc1Oc1ccc(F)cc1Br. The molecular weight excluding hydrogens is 321 g/mol. The molecule has 0 bridgehead atoms. The minimum atomic E-state index is -0.370. The molecule has 0 fully saturated rings. The fraction of sp³-hybridized carbons (Fsp3) is 0. The number of hydrogen-bond acceptors (Lipinski definition) is 2. The molecule has 2 nitrogen and oxygen atoms in total. The summed E-state index contributed by atoms with van der Waals surface area (Å²) < 4.78 is 18.9. The molecule has 0 saturated heterocycles. The summed E-state index contributed by atoms with van der Waals surface area (Å²) in [5.41, 5.74) is 0.318. The molecule has 2 rings (SSSR count). The molecule has 0 aliphatic heterocycles. The molecule has 0 saturated carbocycles. The molecule has 0 amide bonds. The molecule has 0 aromatic heterocycles. The second-order valence-electron chi connectivity index (χ2n) is 3.43. The van der Waals surface area contributed by atoms with Gasteiger partial charge in [0.2, 0.25) is 0 Å². The predicted molar refractivity (Wildman–Crippen MR) is 70.3 cm³/mol. The van der Waals surface area contributed by atoms with E-state index < -0.39 is 0 Å². The monoisotopic (exact) mass is 325 g/mol. The van der Waals surface area contributed by atoms with Crippen molar-refractivity contribution in [2.45, 2.75) is 0 Å². The lowest BCUT2D eigenvalue weighted by molar-refractivity contribution is 0.476. The first kappa shape index (κ1) is 12.9. The zero-order valence-corrected chi connectivity index (χ0v) is 11.3. The van der Waals surface area contributed by atoms with Crippen LogP contribution in [0, 0.1) is 17.1 Å². The van der Waals surface area contributed by atoms with E-state index >= 15 is 0 Å². The van der Waals surface area contributed by atoms with E-state index in [0.717, 1.165) is 0 Å². The van der Waals surface area contributed by atoms with Crippen LogP contribution in [0.2, 0.25) is 5.02 Å². The van der Waals surface area contributed by atoms with Gasteiger partial charge in [-0.15, -0.1) is 0 Å². The average Bonchev–Trinajstić information content (AvgIpc) is 2.34. The summed E-state index contributed by atoms with van der Waals surface area (Å²) in [6.07, 6.45) is 0. The number of ether oxygens (including phenoxy) is 1. The van der Waals surface area contributed by atoms with Crippen LogP contribution in [0.1, 0.15) is 5.56 Å². The fourth-order valence-corrected chi connectivity index (χ4v) is 1.96. The first-order valence-corrected chi connectivity index (χ1v) is 6.10. The molecule has 0 heterocycles. The Hall–Kier alpha value is -1.57. The molecule has 2 aromatic rings. The van der Waals surface area contributed by atoms with Crippen molar-refractivity contribution in [3.05, 3.63) is 57.3 Å². The van der Waals surface area contributed by atoms with E-state index in [1.54, 1.807) is 12.1 Å². The van der Waals surface area contributed by atoms with Crippen LogP contribution in [0.15, 0.2) is 40.9 Å². The lowest BCUT2D eigenvalue weighted by Gasteiger charge is -2.09. The molecule has 0 unspecified atom stereocenters. The number of benzene rings is 2. The zero-order valence-electron chi connectivity index (χ0n) is 8.95. The van der Waals surface area contributed by atoms with Gasteiger partial charge in [-0.05, 0) is 52.3 Å². The maximum absolute atomic E-state index is 12.9. The predicted octanol–water partition coefficient (Wildman–Crippen LogP) is 4.91. The highest BCUT2D eigenvalue weighted by atomic mass is 79.9. The Balaban J connectivity index is 2.37. The van der Waals surface area contributed by atoms with Gasteiger partial charge in [-0.1, -0.05) is 11.6 Å². The zero-order chi connectivity index (χ0) is 13.1. The molecule has 0 aliphatic carbocycles. The van der Waals surface area contributed by atoms with Crippen molar-refractivity contribution in [1.82, 2.24) is 0 Å². The van der Waals surface area contributed by atoms with Gasteiger partial charge >= 0.3 is 0 Å². The maximum Gasteiger partial charge on any atom is 0.145 e. The summed E-state index contributed by atoms with van der Waals surface area (Å²) in [5.74, 6) is 0.426. The standard InChI is InChI=1S/C13H6BrClFNO/c14-11-6-10(16)2-4-13(11)18-12-3-1-9(15)5-8(12)7-17/h1-6H. The highest BCUT2D eigenvalue weighted by molar-refractivity contribution is 9.10. The number of nitrogens with zero attached hydrogens (tertiary/aromatic N) is 1. The van der Waals surface area contributed by atoms with Crippen LogP contribution in [-0.2, 0) is 0 Å². The van der Waals surface area contributed by atoms with Gasteiger partial charge in [-0.25, -0.2) is 4.39 Å². The molecule has 5 heteroatoms. The average molecular weight is 327 g/mol. The third kappa shape index (κ3) is 2.81. The van der Waals surface area contributed by atoms with Gasteiger partial charge < -0.3 is 4.74 Å². The van der Waals surface area contributed by atoms with E-state index in [0.29, 0.717) is 26.6 Å². The lowest BCUT2D eigenvalue weighted by Crippen LogP contribution is -1.89. The van der Waals surface area contributed by atoms with Crippen LogP contribution in [0.5, 0.6) is 11.5 Å². The molecule has 0 spiro atoms. The van der Waals surface area contributed by atoms with Crippen LogP contribution >= 0.6 is 27.5 Å². The second-order valence-corrected chi connectivity index (χ2v) is 4.72. The molecule has 2 aromatic carbocycles. The Morgan fingerprint density at radius 2 is 1.89 bits per heavy atom. The van der Waals surface area contributed by atoms with Crippen molar-refractivity contribution in [2.24, 2.45) is 0 Å². The maximum atomic E-state index is 12.9. The van der Waals surface area contributed by atoms with Crippen LogP contribution in [0.4, 0.5) is 4.39 Å². The summed E-state index contributed by atoms with van der Waals surface area (Å²) >= 11 is 8.98. The largest absolute Gasteiger partial charge is 0.455 e. The molecule has 0 atom stereocenters. The van der Waals surface area contributed by atoms with Crippen molar-refractivity contribution in [1.29, 1.82) is 5.26 Å². The van der Waals surface area contributed by atoms with E-state index in [4.69, 9.17) is 21.6 Å². The Bertz CT molecular complexity index is 639. The van der Waals surface area contributed by atoms with Crippen molar-refractivity contribution < 1.29 is 9.13 Å². The minimum Gasteiger partial charge on any atom is -0.455 e. The first-order chi connectivity index (χ1) is 8.60. The molecule has 18 heavy (non-hydrogen) atoms. The summed E-state index contributed by atoms with van der Waals surface area (Å²) in [7, 11) is 0. The Labute approximate surface area is 117 Å². The smallest absolute Gasteiger partial charge is 0.145 e. The van der Waals surface area contributed by atoms with Crippen LogP contribution < -0.4 is 4.74 Å². The molecule has 0 N–H and O–H groups in total. The first-order valence-electron chi connectivity index (χ1n) is 4.92. The summed E-state index contributed by atoms with van der Waals surface area (Å²) in [6.45, 7) is 0. The van der Waals surface area contributed by atoms with Gasteiger partial charge in [0.1, 0.15) is 23.4 Å². The van der Waals surface area contributed by atoms with E-state index in [1.165, 1.54) is 24.3 Å². The van der Waals surface area contributed by atoms with Crippen LogP contribution in [0.3, 0.4) is 0 Å². The normalized spacial score (nSPS) is 9.89. The molecule has 0 aliphatic rings. The third-order valence-electron chi connectivity index (χ3n) is 2.18. The summed E-state index contributed by atoms with van der Waals surface area (Å²) in [4.78, 5) is 0. The van der Waals surface area contributed by atoms with Gasteiger partial charge in [0, 0.05) is 5.02 Å². The van der Waals surface area contributed by atoms with Gasteiger partial charge in [0.25, 0.3) is 0 Å². The van der Waals surface area contributed by atoms with Gasteiger partial charge in [-0.2, -0.15) is 5.26 Å². The van der Waals surface area contributed by atoms with Crippen molar-refractivity contribution in [3.63, 3.8) is 0 Å². The van der Waals surface area contributed by atoms with Crippen LogP contribution in [-0.4, -0.2) is 0 Å². The third-order valence-corrected chi connectivity index (χ3v) is 3.03. The quantitative estimate of drug-likeness (QED) is 0.786. The number of halogens is 3. The molecule has 0 radical (unpaired) electrons. The fourth-order valence-electron chi connectivity index (χ4n) is 1.36. The van der Waals surface area contributed by atoms with E-state index in [9.17, 15) is 4.39 Å². The van der Waals surface area contributed by atoms with Crippen molar-refractivity contribution in [2.75, 3.05) is 0 Å². The van der Waals surface area contributed by atoms with E-state index in [1.807, 2.05) is 6.07 Å². The Kier molecular flexibility index (Phi) is 3.85. The van der Waals surface area contributed by atoms with E-state index in [2.05, 4.69) is 15.9 Å². The highest BCUT2D eigenvalue weighted by Crippen LogP contribution is 2.32. The van der Waals surface area contributed by atoms with E-state index in [-0.39, 0.29) is 5.82 Å². The Morgan fingerprint density at radius 3 is 2.56 bits per heavy atom. The lowest BCUT2D eigenvalue weighted by atomic mass is 10.2. The second kappa shape index (κ2) is 5.38. The number of nitriles is 1. The summed E-state index contributed by atoms with van der Waals surface area (Å²) in [5, 5.41) is 9.43. The highest BCUT2D eigenvalue weighted by Gasteiger charge is 2.08. The summed E-state index contributed by atoms with van der Waals surface area (Å²) in [6, 6.07) is 10.8. The van der Waals surface area contributed by atoms with Crippen molar-refractivity contribution in [3.8, 4) is 17.6 Å². The van der Waals surface area contributed by atoms with Gasteiger partial charge in [0.05, 0.1) is 10.0 Å². The van der Waals surface area contributed by atoms with Gasteiger partial charge in [-0.3, -0.25) is 0 Å².